The van der Waals surface area contributed by atoms with Gasteiger partial charge in [0.15, 0.2) is 28.6 Å². The molecule has 1 aliphatic heterocycles. The van der Waals surface area contributed by atoms with Gasteiger partial charge in [0.1, 0.15) is 10.8 Å². The number of hydrogen-bond acceptors (Lipinski definition) is 10. The minimum absolute atomic E-state index is 0.00514. The number of anilines is 2. The molecule has 0 saturated carbocycles. The molecule has 3 heterocycles. The summed E-state index contributed by atoms with van der Waals surface area (Å²) in [4.78, 5) is 46.6. The summed E-state index contributed by atoms with van der Waals surface area (Å²) in [5.41, 5.74) is 6.20. The molecular formula is C23H20Cl3N7O4S. The fourth-order valence-electron chi connectivity index (χ4n) is 3.54. The van der Waals surface area contributed by atoms with Crippen LogP contribution in [0.25, 0.3) is 0 Å². The molecule has 11 nitrogen and oxygen atoms in total. The van der Waals surface area contributed by atoms with Crippen LogP contribution in [-0.4, -0.2) is 46.2 Å². The predicted octanol–water partition coefficient (Wildman–Crippen LogP) is 3.92. The molecule has 15 heteroatoms. The fraction of sp³-hybridized carbons (Fsp3) is 0.217. The summed E-state index contributed by atoms with van der Waals surface area (Å²) < 4.78 is 5.66. The van der Waals surface area contributed by atoms with E-state index < -0.39 is 23.9 Å². The number of carbonyl (C=O) groups excluding carboxylic acids is 3. The molecule has 0 saturated heterocycles. The number of rotatable bonds is 7. The van der Waals surface area contributed by atoms with E-state index in [4.69, 9.17) is 50.7 Å². The molecular weight excluding hydrogens is 577 g/mol. The third kappa shape index (κ3) is 5.68. The molecule has 1 atom stereocenters. The van der Waals surface area contributed by atoms with Crippen molar-refractivity contribution in [3.8, 4) is 5.75 Å². The van der Waals surface area contributed by atoms with Gasteiger partial charge in [-0.3, -0.25) is 30.4 Å². The zero-order chi connectivity index (χ0) is 27.6. The molecule has 38 heavy (non-hydrogen) atoms. The highest BCUT2D eigenvalue weighted by Gasteiger charge is 2.34. The van der Waals surface area contributed by atoms with Gasteiger partial charge >= 0.3 is 0 Å². The number of aromatic nitrogens is 2. The fourth-order valence-corrected chi connectivity index (χ4v) is 4.90. The summed E-state index contributed by atoms with van der Waals surface area (Å²) in [5, 5.41) is 17.0. The highest BCUT2D eigenvalue weighted by molar-refractivity contribution is 7.12. The monoisotopic (exact) mass is 595 g/mol. The van der Waals surface area contributed by atoms with E-state index in [1.165, 1.54) is 17.4 Å². The van der Waals surface area contributed by atoms with E-state index in [9.17, 15) is 14.4 Å². The van der Waals surface area contributed by atoms with Gasteiger partial charge in [-0.25, -0.2) is 9.97 Å². The molecule has 0 fully saturated rings. The van der Waals surface area contributed by atoms with E-state index >= 15 is 0 Å². The Morgan fingerprint density at radius 3 is 2.66 bits per heavy atom. The molecule has 3 aromatic rings. The maximum absolute atomic E-state index is 12.8. The first-order chi connectivity index (χ1) is 18.1. The van der Waals surface area contributed by atoms with Crippen LogP contribution >= 0.6 is 46.1 Å². The van der Waals surface area contributed by atoms with Crippen molar-refractivity contribution in [1.29, 1.82) is 5.41 Å². The molecule has 198 valence electrons. The van der Waals surface area contributed by atoms with Crippen molar-refractivity contribution in [2.75, 3.05) is 17.6 Å². The highest BCUT2D eigenvalue weighted by atomic mass is 35.5. The Kier molecular flexibility index (Phi) is 8.36. The number of fused-ring (bicyclic) bond motifs is 1. The number of ketones is 1. The van der Waals surface area contributed by atoms with E-state index in [1.807, 2.05) is 6.92 Å². The quantitative estimate of drug-likeness (QED) is 0.155. The number of carbonyl (C=O) groups is 3. The smallest absolute Gasteiger partial charge is 0.280 e. The average Bonchev–Trinajstić information content (AvgIpc) is 3.56. The van der Waals surface area contributed by atoms with Gasteiger partial charge in [0.05, 0.1) is 9.90 Å². The number of nitrogens with two attached hydrogens (primary N) is 1. The van der Waals surface area contributed by atoms with Crippen molar-refractivity contribution >= 4 is 81.3 Å². The number of nitrogens with one attached hydrogen (secondary N) is 4. The van der Waals surface area contributed by atoms with Crippen molar-refractivity contribution in [1.82, 2.24) is 20.6 Å². The third-order valence-electron chi connectivity index (χ3n) is 5.31. The molecule has 1 unspecified atom stereocenters. The molecule has 1 aliphatic rings. The van der Waals surface area contributed by atoms with Gasteiger partial charge in [0.2, 0.25) is 11.7 Å². The maximum atomic E-state index is 12.8. The Morgan fingerprint density at radius 2 is 1.97 bits per heavy atom. The van der Waals surface area contributed by atoms with Crippen LogP contribution in [0.4, 0.5) is 11.6 Å². The Hall–Kier alpha value is -3.45. The second-order valence-corrected chi connectivity index (χ2v) is 10.1. The standard InChI is InChI=1S/C23H20Cl3N7O4S/c1-2-5-29-20-18(26)30-15(19(27)31-20)22(36)33-23(28)32-21(35)11-8-9-7-10(13(24)14(25)17(9)37-11)16(34)12-4-3-6-38-12/h3-4,6-7,11H,2,5,8H2,1H3,(H3,27,29,31)(H3,28,32,33,35,36). The van der Waals surface area contributed by atoms with Crippen LogP contribution in [0, 0.1) is 5.41 Å². The summed E-state index contributed by atoms with van der Waals surface area (Å²) in [6.07, 6.45) is -0.226. The Balaban J connectivity index is 1.41. The third-order valence-corrected chi connectivity index (χ3v) is 7.29. The van der Waals surface area contributed by atoms with Crippen molar-refractivity contribution in [3.63, 3.8) is 0 Å². The van der Waals surface area contributed by atoms with E-state index in [0.29, 0.717) is 17.0 Å². The first-order valence-electron chi connectivity index (χ1n) is 11.1. The van der Waals surface area contributed by atoms with Gasteiger partial charge in [0, 0.05) is 24.1 Å². The maximum Gasteiger partial charge on any atom is 0.280 e. The minimum Gasteiger partial charge on any atom is -0.478 e. The van der Waals surface area contributed by atoms with Crippen molar-refractivity contribution < 1.29 is 19.1 Å². The predicted molar refractivity (Wildman–Crippen MR) is 146 cm³/mol. The highest BCUT2D eigenvalue weighted by Crippen LogP contribution is 2.43. The number of halogens is 3. The van der Waals surface area contributed by atoms with Crippen LogP contribution in [0.3, 0.4) is 0 Å². The minimum atomic E-state index is -1.09. The summed E-state index contributed by atoms with van der Waals surface area (Å²) in [6, 6.07) is 4.95. The lowest BCUT2D eigenvalue weighted by Gasteiger charge is -2.14. The van der Waals surface area contributed by atoms with E-state index in [1.54, 1.807) is 17.5 Å². The number of benzene rings is 1. The van der Waals surface area contributed by atoms with Crippen LogP contribution in [-0.2, 0) is 11.2 Å². The zero-order valence-electron chi connectivity index (χ0n) is 19.7. The van der Waals surface area contributed by atoms with Gasteiger partial charge in [-0.2, -0.15) is 0 Å². The van der Waals surface area contributed by atoms with Gasteiger partial charge in [0.25, 0.3) is 11.8 Å². The van der Waals surface area contributed by atoms with Crippen LogP contribution < -0.4 is 26.4 Å². The summed E-state index contributed by atoms with van der Waals surface area (Å²) in [7, 11) is 0. The first kappa shape index (κ1) is 27.6. The second kappa shape index (κ2) is 11.5. The molecule has 0 radical (unpaired) electrons. The lowest BCUT2D eigenvalue weighted by atomic mass is 10.0. The number of nitrogen functional groups attached to an aromatic ring is 1. The largest absolute Gasteiger partial charge is 0.478 e. The second-order valence-electron chi connectivity index (χ2n) is 8.00. The SMILES string of the molecule is CCCNc1nc(N)c(C(=O)NC(=N)NC(=O)C2Cc3cc(C(=O)c4cccs4)c(Cl)c(Cl)c3O2)nc1Cl. The van der Waals surface area contributed by atoms with Crippen LogP contribution in [0.15, 0.2) is 23.6 Å². The van der Waals surface area contributed by atoms with Gasteiger partial charge in [-0.1, -0.05) is 47.8 Å². The van der Waals surface area contributed by atoms with Crippen LogP contribution in [0.1, 0.15) is 44.6 Å². The number of nitrogens with zero attached hydrogens (tertiary/aromatic N) is 2. The number of guanidine groups is 1. The van der Waals surface area contributed by atoms with Crippen LogP contribution in [0.5, 0.6) is 5.75 Å². The summed E-state index contributed by atoms with van der Waals surface area (Å²) in [5.74, 6) is -2.40. The van der Waals surface area contributed by atoms with Crippen molar-refractivity contribution in [2.45, 2.75) is 25.9 Å². The lowest BCUT2D eigenvalue weighted by Crippen LogP contribution is -2.48. The number of amides is 2. The summed E-state index contributed by atoms with van der Waals surface area (Å²) >= 11 is 20.0. The molecule has 2 amide bonds. The molecule has 4 rings (SSSR count). The van der Waals surface area contributed by atoms with Crippen molar-refractivity contribution in [2.24, 2.45) is 0 Å². The normalized spacial score (nSPS) is 13.8. The van der Waals surface area contributed by atoms with E-state index in [-0.39, 0.29) is 56.0 Å². The number of hydrogen-bond donors (Lipinski definition) is 5. The van der Waals surface area contributed by atoms with E-state index in [2.05, 4.69) is 25.9 Å². The topological polar surface area (TPSA) is 172 Å². The molecule has 0 bridgehead atoms. The van der Waals surface area contributed by atoms with E-state index in [0.717, 1.165) is 6.42 Å². The molecule has 0 aliphatic carbocycles. The van der Waals surface area contributed by atoms with Gasteiger partial charge in [-0.05, 0) is 23.9 Å². The average molecular weight is 597 g/mol. The lowest BCUT2D eigenvalue weighted by molar-refractivity contribution is -0.125. The first-order valence-corrected chi connectivity index (χ1v) is 13.1. The zero-order valence-corrected chi connectivity index (χ0v) is 22.7. The number of thiophene rings is 1. The molecule has 2 aromatic heterocycles. The Bertz CT molecular complexity index is 1450. The molecule has 0 spiro atoms. The van der Waals surface area contributed by atoms with Gasteiger partial charge < -0.3 is 15.8 Å². The van der Waals surface area contributed by atoms with Crippen molar-refractivity contribution in [3.05, 3.63) is 60.5 Å². The molecule has 1 aromatic carbocycles. The Labute approximate surface area is 235 Å². The Morgan fingerprint density at radius 1 is 1.21 bits per heavy atom. The van der Waals surface area contributed by atoms with Crippen LogP contribution in [0.2, 0.25) is 15.2 Å². The molecule has 6 N–H and O–H groups in total. The number of ether oxygens (including phenoxy) is 1. The van der Waals surface area contributed by atoms with Gasteiger partial charge in [-0.15, -0.1) is 11.3 Å². The summed E-state index contributed by atoms with van der Waals surface area (Å²) in [6.45, 7) is 2.52.